The predicted molar refractivity (Wildman–Crippen MR) is 270 cm³/mol. The summed E-state index contributed by atoms with van der Waals surface area (Å²) < 4.78 is 110. The molecule has 6 heterocycles. The van der Waals surface area contributed by atoms with Crippen molar-refractivity contribution >= 4 is 64.7 Å². The summed E-state index contributed by atoms with van der Waals surface area (Å²) in [6, 6.07) is 0. The highest BCUT2D eigenvalue weighted by Crippen LogP contribution is 2.55. The zero-order chi connectivity index (χ0) is 51.8. The maximum Gasteiger partial charge on any atom is 0.292 e. The second-order valence-electron chi connectivity index (χ2n) is 24.9. The molecule has 68 heavy (non-hydrogen) atoms. The van der Waals surface area contributed by atoms with Crippen LogP contribution in [0.25, 0.3) is 11.2 Å². The zero-order valence-electron chi connectivity index (χ0n) is 43.8. The molecule has 0 bridgehead atoms. The van der Waals surface area contributed by atoms with Crippen molar-refractivity contribution in [1.82, 2.24) is 19.1 Å². The van der Waals surface area contributed by atoms with E-state index >= 15 is 4.79 Å². The van der Waals surface area contributed by atoms with E-state index in [1.165, 1.54) is 21.8 Å². The van der Waals surface area contributed by atoms with Crippen LogP contribution in [0.5, 0.6) is 0 Å². The van der Waals surface area contributed by atoms with Crippen LogP contribution in [0.15, 0.2) is 39.7 Å². The molecule has 2 aromatic heterocycles. The Morgan fingerprint density at radius 3 is 1.22 bits per heavy atom. The summed E-state index contributed by atoms with van der Waals surface area (Å²) in [6.07, 6.45) is -4.94. The molecule has 2 fully saturated rings. The number of nitrogens with two attached hydrogens (primary N) is 2. The van der Waals surface area contributed by atoms with Crippen molar-refractivity contribution in [2.24, 2.45) is 11.5 Å². The van der Waals surface area contributed by atoms with Gasteiger partial charge in [-0.05, 0) is 72.5 Å². The van der Waals surface area contributed by atoms with Crippen LogP contribution in [0.4, 0.5) is 0 Å². The molecule has 8 unspecified atom stereocenters. The maximum atomic E-state index is 15.5. The number of hydrogen-bond acceptors (Lipinski definition) is 17. The predicted octanol–water partition coefficient (Wildman–Crippen LogP) is 7.01. The Balaban J connectivity index is 1.58. The first-order valence-corrected chi connectivity index (χ1v) is 37.7. The quantitative estimate of drug-likeness (QED) is 0.160. The minimum Gasteiger partial charge on any atom is -0.414 e. The summed E-state index contributed by atoms with van der Waals surface area (Å²) in [5.74, 6) is 0. The lowest BCUT2D eigenvalue weighted by Gasteiger charge is -2.44. The van der Waals surface area contributed by atoms with Crippen LogP contribution in [0.3, 0.4) is 0 Å². The largest absolute Gasteiger partial charge is 0.414 e. The third kappa shape index (κ3) is 9.40. The first-order valence-electron chi connectivity index (χ1n) is 23.1. The second-order valence-corrected chi connectivity index (χ2v) is 46.8. The molecule has 25 heteroatoms. The van der Waals surface area contributed by atoms with Crippen LogP contribution >= 0.6 is 0 Å². The molecule has 0 radical (unpaired) electrons. The van der Waals surface area contributed by atoms with Gasteiger partial charge in [-0.3, -0.25) is 13.9 Å². The van der Waals surface area contributed by atoms with Gasteiger partial charge in [0.2, 0.25) is 0 Å². The van der Waals surface area contributed by atoms with Gasteiger partial charge in [-0.15, -0.1) is 0 Å². The van der Waals surface area contributed by atoms with Gasteiger partial charge in [0, 0.05) is 0 Å². The van der Waals surface area contributed by atoms with Gasteiger partial charge < -0.3 is 38.6 Å². The molecule has 0 amide bonds. The van der Waals surface area contributed by atoms with Gasteiger partial charge in [-0.1, -0.05) is 83.1 Å². The SMILES string of the molecule is CC(C)(C)[Si](C)(C)OCC1OC(n2cnc3ncn(C4OC(CO[Si](C)(C)C(C)(C)C)C5(OS(=O)(=O)C=C5N)C4O[Si](C)(C)C(C)(C)C)c3c2=O)C(O[Si](C)(C)C(C)(C)C)C12OS(=O)(=O)C=C2N. The molecule has 0 saturated carbocycles. The number of rotatable bonds is 12. The number of fused-ring (bicyclic) bond motifs is 1. The normalized spacial score (nSPS) is 30.5. The summed E-state index contributed by atoms with van der Waals surface area (Å²) in [4.78, 5) is 24.8. The number of aromatic nitrogens is 4. The molecular weight excluding hydrogens is 985 g/mol. The first-order chi connectivity index (χ1) is 30.4. The summed E-state index contributed by atoms with van der Waals surface area (Å²) in [5, 5.41) is 0.469. The Labute approximate surface area is 407 Å². The average Bonchev–Trinajstić information content (AvgIpc) is 3.89. The van der Waals surface area contributed by atoms with E-state index in [2.05, 4.69) is 77.7 Å². The molecule has 2 saturated heterocycles. The Kier molecular flexibility index (Phi) is 13.8. The summed E-state index contributed by atoms with van der Waals surface area (Å²) in [5.41, 5.74) is 8.65. The standard InChI is InChI=1S/C43H78N6O13S2Si4/c1-38(2,3)65(13,14)55-21-29-42(27(44)23-63(51,52)61-42)32(59-67(17,18)40(7,8)9)36(57-29)48-25-46-34-31(48)35(50)49(26-47-34)37-33(60-68(19,20)41(10,11)12)43(28(45)24-64(53,54)62-43)30(58-37)22-56-66(15,16)39(4,5)6/h23-26,29-30,32-33,36-37H,21-22,44-45H2,1-20H3. The van der Waals surface area contributed by atoms with Crippen molar-refractivity contribution in [2.45, 2.75) is 204 Å². The first kappa shape index (κ1) is 55.2. The summed E-state index contributed by atoms with van der Waals surface area (Å²) >= 11 is 0. The van der Waals surface area contributed by atoms with Crippen molar-refractivity contribution in [3.05, 3.63) is 45.2 Å². The average molecular weight is 1060 g/mol. The van der Waals surface area contributed by atoms with E-state index in [-0.39, 0.29) is 45.8 Å². The highest BCUT2D eigenvalue weighted by Gasteiger charge is 2.69. The van der Waals surface area contributed by atoms with E-state index in [4.69, 9.17) is 47.0 Å². The molecule has 6 rings (SSSR count). The lowest BCUT2D eigenvalue weighted by atomic mass is 9.89. The van der Waals surface area contributed by atoms with Gasteiger partial charge in [0.15, 0.2) is 68.1 Å². The van der Waals surface area contributed by atoms with Gasteiger partial charge in [0.05, 0.1) is 35.4 Å². The van der Waals surface area contributed by atoms with E-state index in [0.29, 0.717) is 0 Å². The number of ether oxygens (including phenoxy) is 2. The van der Waals surface area contributed by atoms with Gasteiger partial charge in [0.25, 0.3) is 25.8 Å². The van der Waals surface area contributed by atoms with Crippen LogP contribution < -0.4 is 17.0 Å². The number of hydrogen-bond donors (Lipinski definition) is 2. The molecule has 2 aromatic rings. The molecule has 2 spiro atoms. The molecule has 4 N–H and O–H groups in total. The summed E-state index contributed by atoms with van der Waals surface area (Å²) in [7, 11) is -19.5. The molecule has 0 aliphatic carbocycles. The lowest BCUT2D eigenvalue weighted by Crippen LogP contribution is -2.59. The minimum absolute atomic E-state index is 0.0194. The summed E-state index contributed by atoms with van der Waals surface area (Å²) in [6.45, 7) is 40.7. The number of nitrogens with zero attached hydrogens (tertiary/aromatic N) is 4. The molecule has 4 aliphatic rings. The zero-order valence-corrected chi connectivity index (χ0v) is 49.4. The minimum atomic E-state index is -4.37. The second kappa shape index (κ2) is 17.0. The Bertz CT molecular complexity index is 2640. The lowest BCUT2D eigenvalue weighted by molar-refractivity contribution is -0.0567. The van der Waals surface area contributed by atoms with Gasteiger partial charge in [-0.25, -0.2) is 18.3 Å². The van der Waals surface area contributed by atoms with Crippen molar-refractivity contribution in [2.75, 3.05) is 13.2 Å². The van der Waals surface area contributed by atoms with Crippen molar-refractivity contribution < 1.29 is 52.4 Å². The van der Waals surface area contributed by atoms with Crippen molar-refractivity contribution in [3.63, 3.8) is 0 Å². The van der Waals surface area contributed by atoms with Crippen LogP contribution in [-0.4, -0.2) is 118 Å². The Morgan fingerprint density at radius 1 is 0.588 bits per heavy atom. The highest BCUT2D eigenvalue weighted by molar-refractivity contribution is 7.90. The maximum absolute atomic E-state index is 15.5. The van der Waals surface area contributed by atoms with Gasteiger partial charge in [-0.2, -0.15) is 16.8 Å². The van der Waals surface area contributed by atoms with Gasteiger partial charge in [0.1, 0.15) is 37.1 Å². The molecule has 0 aromatic carbocycles. The van der Waals surface area contributed by atoms with Crippen LogP contribution in [0.1, 0.15) is 95.5 Å². The highest BCUT2D eigenvalue weighted by atomic mass is 32.2. The smallest absolute Gasteiger partial charge is 0.292 e. The number of imidazole rings is 1. The molecule has 386 valence electrons. The van der Waals surface area contributed by atoms with Crippen LogP contribution in [0, 0.1) is 0 Å². The van der Waals surface area contributed by atoms with Crippen LogP contribution in [-0.2, 0) is 55.8 Å². The van der Waals surface area contributed by atoms with Crippen LogP contribution in [0.2, 0.25) is 72.5 Å². The fraction of sp³-hybridized carbons (Fsp3) is 0.791. The van der Waals surface area contributed by atoms with Crippen molar-refractivity contribution in [3.8, 4) is 0 Å². The Morgan fingerprint density at radius 2 is 0.912 bits per heavy atom. The molecule has 19 nitrogen and oxygen atoms in total. The van der Waals surface area contributed by atoms with E-state index in [0.717, 1.165) is 10.8 Å². The molecule has 8 atom stereocenters. The van der Waals surface area contributed by atoms with E-state index < -0.39 is 117 Å². The van der Waals surface area contributed by atoms with E-state index in [1.807, 2.05) is 67.7 Å². The Hall–Kier alpha value is -2.12. The van der Waals surface area contributed by atoms with Crippen molar-refractivity contribution in [1.29, 1.82) is 0 Å². The third-order valence-corrected chi connectivity index (χ3v) is 36.2. The fourth-order valence-corrected chi connectivity index (χ4v) is 14.8. The monoisotopic (exact) mass is 1060 g/mol. The molecule has 4 aliphatic heterocycles. The van der Waals surface area contributed by atoms with E-state index in [1.54, 1.807) is 0 Å². The topological polar surface area (TPSA) is 247 Å². The fourth-order valence-electron chi connectivity index (χ4n) is 7.75. The van der Waals surface area contributed by atoms with E-state index in [9.17, 15) is 16.8 Å². The third-order valence-electron chi connectivity index (χ3n) is 16.2. The molecular formula is C43H78N6O13S2Si4. The van der Waals surface area contributed by atoms with Gasteiger partial charge >= 0.3 is 0 Å².